The third-order valence-electron chi connectivity index (χ3n) is 2.96. The Morgan fingerprint density at radius 3 is 2.81 bits per heavy atom. The highest BCUT2D eigenvalue weighted by molar-refractivity contribution is 6.06. The normalized spacial score (nSPS) is 10.4. The molecule has 2 aromatic rings. The fourth-order valence-corrected chi connectivity index (χ4v) is 1.98. The number of aryl methyl sites for hydroxylation is 2. The zero-order valence-corrected chi connectivity index (χ0v) is 11.8. The van der Waals surface area contributed by atoms with Crippen LogP contribution in [0.25, 0.3) is 0 Å². The van der Waals surface area contributed by atoms with Crippen LogP contribution in [0.2, 0.25) is 0 Å². The van der Waals surface area contributed by atoms with Crippen LogP contribution >= 0.6 is 0 Å². The Morgan fingerprint density at radius 1 is 1.38 bits per heavy atom. The summed E-state index contributed by atoms with van der Waals surface area (Å²) in [5.74, 6) is -1.01. The Balaban J connectivity index is 2.23. The maximum atomic E-state index is 12.1. The van der Waals surface area contributed by atoms with Crippen LogP contribution in [0.1, 0.15) is 45.7 Å². The molecule has 0 radical (unpaired) electrons. The predicted octanol–water partition coefficient (Wildman–Crippen LogP) is 2.02. The van der Waals surface area contributed by atoms with E-state index in [4.69, 9.17) is 0 Å². The highest BCUT2D eigenvalue weighted by atomic mass is 16.4. The lowest BCUT2D eigenvalue weighted by Gasteiger charge is -2.09. The van der Waals surface area contributed by atoms with Gasteiger partial charge in [-0.25, -0.2) is 9.78 Å². The number of carboxylic acid groups (broad SMARTS) is 1. The third kappa shape index (κ3) is 3.25. The number of aromatic amines is 1. The number of carbonyl (C=O) groups is 2. The Kier molecular flexibility index (Phi) is 4.32. The highest BCUT2D eigenvalue weighted by Gasteiger charge is 2.18. The maximum absolute atomic E-state index is 12.1. The van der Waals surface area contributed by atoms with Gasteiger partial charge in [-0.15, -0.1) is 5.10 Å². The number of carboxylic acids is 1. The number of hydrogen-bond acceptors (Lipinski definition) is 4. The van der Waals surface area contributed by atoms with Crippen molar-refractivity contribution in [2.45, 2.75) is 26.7 Å². The molecule has 0 saturated carbocycles. The number of hydrogen-bond donors (Lipinski definition) is 3. The average molecular weight is 288 g/mol. The molecule has 21 heavy (non-hydrogen) atoms. The lowest BCUT2D eigenvalue weighted by Crippen LogP contribution is -2.17. The van der Waals surface area contributed by atoms with Crippen molar-refractivity contribution in [1.29, 1.82) is 0 Å². The zero-order valence-electron chi connectivity index (χ0n) is 11.8. The molecule has 0 bridgehead atoms. The summed E-state index contributed by atoms with van der Waals surface area (Å²) in [7, 11) is 0. The molecule has 1 aromatic heterocycles. The van der Waals surface area contributed by atoms with Gasteiger partial charge in [0.2, 0.25) is 5.82 Å². The minimum atomic E-state index is -1.09. The van der Waals surface area contributed by atoms with E-state index in [0.717, 1.165) is 6.42 Å². The van der Waals surface area contributed by atoms with E-state index in [1.54, 1.807) is 19.1 Å². The van der Waals surface area contributed by atoms with Crippen LogP contribution in [0, 0.1) is 6.92 Å². The predicted molar refractivity (Wildman–Crippen MR) is 76.5 cm³/mol. The van der Waals surface area contributed by atoms with Crippen LogP contribution in [0.3, 0.4) is 0 Å². The van der Waals surface area contributed by atoms with Gasteiger partial charge in [-0.3, -0.25) is 9.89 Å². The number of aromatic carboxylic acids is 1. The second-order valence-electron chi connectivity index (χ2n) is 4.61. The second-order valence-corrected chi connectivity index (χ2v) is 4.61. The average Bonchev–Trinajstić information content (AvgIpc) is 2.87. The van der Waals surface area contributed by atoms with Gasteiger partial charge in [0.15, 0.2) is 0 Å². The summed E-state index contributed by atoms with van der Waals surface area (Å²) in [6.45, 7) is 3.67. The molecule has 0 unspecified atom stereocenters. The van der Waals surface area contributed by atoms with Gasteiger partial charge in [-0.05, 0) is 25.0 Å². The topological polar surface area (TPSA) is 108 Å². The van der Waals surface area contributed by atoms with Crippen molar-refractivity contribution in [2.75, 3.05) is 5.32 Å². The van der Waals surface area contributed by atoms with Crippen LogP contribution < -0.4 is 5.32 Å². The number of anilines is 1. The number of rotatable bonds is 5. The van der Waals surface area contributed by atoms with Gasteiger partial charge in [-0.1, -0.05) is 19.1 Å². The molecule has 7 heteroatoms. The molecule has 1 amide bonds. The molecule has 0 aliphatic rings. The summed E-state index contributed by atoms with van der Waals surface area (Å²) >= 11 is 0. The lowest BCUT2D eigenvalue weighted by molar-refractivity contribution is 0.0697. The molecule has 0 spiro atoms. The minimum Gasteiger partial charge on any atom is -0.478 e. The van der Waals surface area contributed by atoms with Gasteiger partial charge >= 0.3 is 5.97 Å². The van der Waals surface area contributed by atoms with E-state index in [2.05, 4.69) is 20.5 Å². The number of aromatic nitrogens is 3. The van der Waals surface area contributed by atoms with Crippen molar-refractivity contribution >= 4 is 17.6 Å². The number of nitrogens with one attached hydrogen (secondary N) is 2. The van der Waals surface area contributed by atoms with Crippen molar-refractivity contribution in [3.05, 3.63) is 41.0 Å². The Hall–Kier alpha value is -2.70. The zero-order chi connectivity index (χ0) is 15.4. The summed E-state index contributed by atoms with van der Waals surface area (Å²) in [5, 5.41) is 18.3. The molecule has 2 rings (SSSR count). The Morgan fingerprint density at radius 2 is 2.14 bits per heavy atom. The van der Waals surface area contributed by atoms with Crippen LogP contribution in [0.4, 0.5) is 5.69 Å². The van der Waals surface area contributed by atoms with E-state index < -0.39 is 11.9 Å². The van der Waals surface area contributed by atoms with Crippen LogP contribution in [0.5, 0.6) is 0 Å². The molecule has 1 heterocycles. The van der Waals surface area contributed by atoms with E-state index in [0.29, 0.717) is 17.8 Å². The fourth-order valence-electron chi connectivity index (χ4n) is 1.98. The first-order chi connectivity index (χ1) is 10.0. The van der Waals surface area contributed by atoms with Crippen LogP contribution in [0.15, 0.2) is 18.2 Å². The fraction of sp³-hybridized carbons (Fsp3) is 0.286. The molecular weight excluding hydrogens is 272 g/mol. The molecule has 0 saturated heterocycles. The molecule has 0 aliphatic carbocycles. The molecule has 3 N–H and O–H groups in total. The molecule has 7 nitrogen and oxygen atoms in total. The standard InChI is InChI=1S/C14H16N4O3/c1-3-5-10-16-12(18-17-10)13(19)15-9-7-4-6-8(2)11(9)14(20)21/h4,6-7H,3,5H2,1-2H3,(H,15,19)(H,20,21)(H,16,17,18). The monoisotopic (exact) mass is 288 g/mol. The van der Waals surface area contributed by atoms with Crippen LogP contribution in [-0.2, 0) is 6.42 Å². The number of nitrogens with zero attached hydrogens (tertiary/aromatic N) is 2. The quantitative estimate of drug-likeness (QED) is 0.780. The van der Waals surface area contributed by atoms with E-state index >= 15 is 0 Å². The Labute approximate surface area is 121 Å². The molecule has 0 atom stereocenters. The summed E-state index contributed by atoms with van der Waals surface area (Å²) in [6.07, 6.45) is 1.59. The van der Waals surface area contributed by atoms with Crippen molar-refractivity contribution in [3.8, 4) is 0 Å². The van der Waals surface area contributed by atoms with E-state index in [1.165, 1.54) is 6.07 Å². The number of carbonyl (C=O) groups excluding carboxylic acids is 1. The molecule has 0 aliphatic heterocycles. The largest absolute Gasteiger partial charge is 0.478 e. The van der Waals surface area contributed by atoms with Crippen molar-refractivity contribution in [1.82, 2.24) is 15.2 Å². The van der Waals surface area contributed by atoms with Crippen LogP contribution in [-0.4, -0.2) is 32.2 Å². The van der Waals surface area contributed by atoms with Gasteiger partial charge in [0, 0.05) is 6.42 Å². The number of H-pyrrole nitrogens is 1. The van der Waals surface area contributed by atoms with E-state index in [9.17, 15) is 14.7 Å². The summed E-state index contributed by atoms with van der Waals surface area (Å²) in [4.78, 5) is 27.4. The van der Waals surface area contributed by atoms with Crippen molar-refractivity contribution in [3.63, 3.8) is 0 Å². The first-order valence-electron chi connectivity index (χ1n) is 6.58. The molecule has 0 fully saturated rings. The van der Waals surface area contributed by atoms with Gasteiger partial charge in [0.1, 0.15) is 5.82 Å². The molecular formula is C14H16N4O3. The molecule has 110 valence electrons. The van der Waals surface area contributed by atoms with Gasteiger partial charge < -0.3 is 10.4 Å². The summed E-state index contributed by atoms with van der Waals surface area (Å²) in [6, 6.07) is 4.89. The van der Waals surface area contributed by atoms with Crippen molar-refractivity contribution in [2.24, 2.45) is 0 Å². The minimum absolute atomic E-state index is 0.00343. The van der Waals surface area contributed by atoms with E-state index in [-0.39, 0.29) is 17.1 Å². The van der Waals surface area contributed by atoms with E-state index in [1.807, 2.05) is 6.92 Å². The van der Waals surface area contributed by atoms with Crippen molar-refractivity contribution < 1.29 is 14.7 Å². The first-order valence-corrected chi connectivity index (χ1v) is 6.58. The third-order valence-corrected chi connectivity index (χ3v) is 2.96. The van der Waals surface area contributed by atoms with Gasteiger partial charge in [0.05, 0.1) is 11.3 Å². The number of amides is 1. The number of benzene rings is 1. The van der Waals surface area contributed by atoms with Gasteiger partial charge in [-0.2, -0.15) is 0 Å². The second kappa shape index (κ2) is 6.17. The lowest BCUT2D eigenvalue weighted by atomic mass is 10.1. The Bertz CT molecular complexity index is 679. The molecule has 1 aromatic carbocycles. The SMILES string of the molecule is CCCc1nc(C(=O)Nc2cccc(C)c2C(=O)O)n[nH]1. The highest BCUT2D eigenvalue weighted by Crippen LogP contribution is 2.20. The smallest absolute Gasteiger partial charge is 0.338 e. The summed E-state index contributed by atoms with van der Waals surface area (Å²) < 4.78 is 0. The van der Waals surface area contributed by atoms with Gasteiger partial charge in [0.25, 0.3) is 5.91 Å². The first kappa shape index (κ1) is 14.7. The summed E-state index contributed by atoms with van der Waals surface area (Å²) in [5.41, 5.74) is 0.867. The maximum Gasteiger partial charge on any atom is 0.338 e.